The van der Waals surface area contributed by atoms with Crippen LogP contribution in [0.25, 0.3) is 0 Å². The van der Waals surface area contributed by atoms with Gasteiger partial charge >= 0.3 is 118 Å². The number of rotatable bonds is 11. The number of aryl methyl sites for hydroxylation is 1. The van der Waals surface area contributed by atoms with Crippen LogP contribution in [0, 0.1) is 0 Å². The summed E-state index contributed by atoms with van der Waals surface area (Å²) in [7, 11) is 0. The Bertz CT molecular complexity index is 458. The summed E-state index contributed by atoms with van der Waals surface area (Å²) in [5.74, 6) is 0. The first-order chi connectivity index (χ1) is 11.3. The molecule has 0 aliphatic rings. The summed E-state index contributed by atoms with van der Waals surface area (Å²) in [6, 6.07) is 8.82. The molecule has 0 N–H and O–H groups in total. The second-order valence-corrected chi connectivity index (χ2v) is 11.5. The summed E-state index contributed by atoms with van der Waals surface area (Å²) < 4.78 is 1.47. The second-order valence-electron chi connectivity index (χ2n) is 5.99. The van der Waals surface area contributed by atoms with Gasteiger partial charge in [-0.2, -0.15) is 11.8 Å². The van der Waals surface area contributed by atoms with E-state index in [1.807, 2.05) is 0 Å². The van der Waals surface area contributed by atoms with Gasteiger partial charge in [0, 0.05) is 0 Å². The van der Waals surface area contributed by atoms with Crippen LogP contribution in [-0.2, 0) is 50.3 Å². The molecule has 0 saturated heterocycles. The molecule has 1 rings (SSSR count). The summed E-state index contributed by atoms with van der Waals surface area (Å²) in [5.41, 5.74) is -2.17. The van der Waals surface area contributed by atoms with Gasteiger partial charge in [-0.15, -0.1) is 0 Å². The molecule has 0 heterocycles. The average molecular weight is 468 g/mol. The molecule has 24 heavy (non-hydrogen) atoms. The fourth-order valence-corrected chi connectivity index (χ4v) is 3.12. The van der Waals surface area contributed by atoms with Crippen molar-refractivity contribution in [1.29, 1.82) is 0 Å². The molecule has 0 aliphatic heterocycles. The molecule has 0 bridgehead atoms. The smallest absolute Gasteiger partial charge is 0.160 e. The van der Waals surface area contributed by atoms with Gasteiger partial charge in [0.25, 0.3) is 0 Å². The van der Waals surface area contributed by atoms with Crippen molar-refractivity contribution >= 4 is 33.7 Å². The first kappa shape index (κ1) is 24.8. The molecule has 0 atom stereocenters. The van der Waals surface area contributed by atoms with Crippen molar-refractivity contribution in [2.24, 2.45) is 0 Å². The molecule has 6 heteroatoms. The van der Waals surface area contributed by atoms with Crippen LogP contribution >= 0.6 is 5.69 Å². The topological polar surface area (TPSA) is 46.1 Å². The van der Waals surface area contributed by atoms with Crippen molar-refractivity contribution in [2.75, 3.05) is 0 Å². The summed E-state index contributed by atoms with van der Waals surface area (Å²) >= 11 is 9.44. The van der Waals surface area contributed by atoms with Gasteiger partial charge in [-0.05, 0) is 0 Å². The van der Waals surface area contributed by atoms with Crippen molar-refractivity contribution in [3.05, 3.63) is 29.8 Å². The molecule has 136 valence electrons. The van der Waals surface area contributed by atoms with Gasteiger partial charge in [-0.25, -0.2) is 0 Å². The Morgan fingerprint density at radius 1 is 0.917 bits per heavy atom. The Morgan fingerprint density at radius 3 is 1.79 bits per heavy atom. The van der Waals surface area contributed by atoms with Gasteiger partial charge in [0.2, 0.25) is 0 Å². The standard InChI is InChI=1S/C18H29.Mo.H3O2PS2/c1-2-3-4-5-6-7-8-9-10-12-15-18-16-13-11-14-17-18;;1-3(2,4)5/h11,13-14,16H,2-10,12,15H2,1H3;;(H3,1,2,4,5)/q;+3;/p-3. The maximum absolute atomic E-state index is 9.29. The quantitative estimate of drug-likeness (QED) is 0.215. The zero-order valence-corrected chi connectivity index (χ0v) is 19.1. The van der Waals surface area contributed by atoms with E-state index in [2.05, 4.69) is 75.1 Å². The molecule has 0 aromatic heterocycles. The molecule has 1 aromatic carbocycles. The summed E-state index contributed by atoms with van der Waals surface area (Å²) in [6.07, 6.45) is 15.5. The Kier molecular flexibility index (Phi) is 16.6. The molecule has 0 spiro atoms. The van der Waals surface area contributed by atoms with Crippen LogP contribution in [0.3, 0.4) is 0 Å². The summed E-state index contributed by atoms with van der Waals surface area (Å²) in [6.45, 7) is 2.29. The van der Waals surface area contributed by atoms with Gasteiger partial charge < -0.3 is 27.7 Å². The van der Waals surface area contributed by atoms with Crippen LogP contribution in [0.1, 0.15) is 76.7 Å². The Labute approximate surface area is 170 Å². The van der Waals surface area contributed by atoms with Crippen LogP contribution < -0.4 is 13.7 Å². The SMILES string of the molecule is CCCCCCCCCCCCc1cccc[c]1[Mo+3].[O-]P([O-])(=S)[S-]. The van der Waals surface area contributed by atoms with E-state index in [4.69, 9.17) is 0 Å². The third kappa shape index (κ3) is 19.2. The van der Waals surface area contributed by atoms with Gasteiger partial charge in [0.15, 0.2) is 0 Å². The zero-order chi connectivity index (χ0) is 18.3. The van der Waals surface area contributed by atoms with E-state index in [0.29, 0.717) is 0 Å². The van der Waals surface area contributed by atoms with E-state index in [0.717, 1.165) is 0 Å². The predicted molar refractivity (Wildman–Crippen MR) is 103 cm³/mol. The van der Waals surface area contributed by atoms with Crippen LogP contribution in [0.2, 0.25) is 0 Å². The molecule has 0 fully saturated rings. The molecule has 0 saturated carbocycles. The van der Waals surface area contributed by atoms with E-state index < -0.39 is 5.69 Å². The summed E-state index contributed by atoms with van der Waals surface area (Å²) in [4.78, 5) is 18.6. The maximum atomic E-state index is 9.29. The van der Waals surface area contributed by atoms with Crippen LogP contribution in [0.5, 0.6) is 0 Å². The molecular weight excluding hydrogens is 439 g/mol. The third-order valence-electron chi connectivity index (χ3n) is 3.77. The third-order valence-corrected chi connectivity index (χ3v) is 4.75. The number of unbranched alkanes of at least 4 members (excludes halogenated alkanes) is 9. The largest absolute Gasteiger partial charge is 0.850 e. The monoisotopic (exact) mass is 470 g/mol. The maximum Gasteiger partial charge on any atom is -0.160 e. The molecule has 0 aliphatic carbocycles. The molecule has 0 radical (unpaired) electrons. The first-order valence-electron chi connectivity index (χ1n) is 8.82. The Morgan fingerprint density at radius 2 is 1.33 bits per heavy atom. The zero-order valence-electron chi connectivity index (χ0n) is 14.6. The van der Waals surface area contributed by atoms with Gasteiger partial charge in [-0.1, -0.05) is 13.3 Å². The van der Waals surface area contributed by atoms with E-state index in [-0.39, 0.29) is 0 Å². The van der Waals surface area contributed by atoms with E-state index in [1.165, 1.54) is 74.6 Å². The summed E-state index contributed by atoms with van der Waals surface area (Å²) in [5, 5.41) is 0. The Hall–Kier alpha value is 0.828. The minimum absolute atomic E-state index is 1.27. The minimum Gasteiger partial charge on any atom is -0.850 e. The first-order valence-corrected chi connectivity index (χ1v) is 13.5. The van der Waals surface area contributed by atoms with E-state index >= 15 is 0 Å². The number of hydrogen-bond acceptors (Lipinski definition) is 4. The molecular formula is C18H29MoO2PS2. The van der Waals surface area contributed by atoms with E-state index in [9.17, 15) is 9.79 Å². The van der Waals surface area contributed by atoms with Gasteiger partial charge in [0.1, 0.15) is 0 Å². The molecule has 0 unspecified atom stereocenters. The fourth-order valence-electron chi connectivity index (χ4n) is 2.51. The fraction of sp³-hybridized carbons (Fsp3) is 0.667. The molecule has 0 amide bonds. The van der Waals surface area contributed by atoms with Crippen LogP contribution in [0.4, 0.5) is 0 Å². The number of benzene rings is 1. The molecule has 2 nitrogen and oxygen atoms in total. The van der Waals surface area contributed by atoms with Crippen molar-refractivity contribution < 1.29 is 29.6 Å². The van der Waals surface area contributed by atoms with Crippen LogP contribution in [-0.4, -0.2) is 0 Å². The molecule has 1 aromatic rings. The van der Waals surface area contributed by atoms with Crippen LogP contribution in [0.15, 0.2) is 24.3 Å². The van der Waals surface area contributed by atoms with Gasteiger partial charge in [0.05, 0.1) is 0 Å². The van der Waals surface area contributed by atoms with Gasteiger partial charge in [-0.3, -0.25) is 0 Å². The Balaban J connectivity index is 0.000000922. The van der Waals surface area contributed by atoms with Crippen molar-refractivity contribution in [3.8, 4) is 0 Å². The number of hydrogen-bond donors (Lipinski definition) is 0. The second kappa shape index (κ2) is 16.0. The normalized spacial score (nSPS) is 11.0. The van der Waals surface area contributed by atoms with Crippen molar-refractivity contribution in [2.45, 2.75) is 77.6 Å². The van der Waals surface area contributed by atoms with Crippen molar-refractivity contribution in [1.82, 2.24) is 0 Å². The minimum atomic E-state index is -3.72. The predicted octanol–water partition coefficient (Wildman–Crippen LogP) is 3.80. The average Bonchev–Trinajstić information content (AvgIpc) is 2.49. The van der Waals surface area contributed by atoms with E-state index in [1.54, 1.807) is 5.56 Å². The van der Waals surface area contributed by atoms with Crippen molar-refractivity contribution in [3.63, 3.8) is 0 Å².